The Hall–Kier alpha value is -1.62. The number of fused-ring (bicyclic) bond motifs is 1. The fraction of sp³-hybridized carbons (Fsp3) is 0.571. The molecule has 0 aliphatic rings. The molecule has 0 radical (unpaired) electrons. The average Bonchev–Trinajstić information content (AvgIpc) is 2.80. The number of rotatable bonds is 7. The molecule has 1 N–H and O–H groups in total. The Morgan fingerprint density at radius 2 is 2.05 bits per heavy atom. The Morgan fingerprint density at radius 1 is 1.26 bits per heavy atom. The maximum absolute atomic E-state index is 4.44. The third-order valence-corrected chi connectivity index (χ3v) is 3.31. The Balaban J connectivity index is 1.84. The Labute approximate surface area is 114 Å². The largest absolute Gasteiger partial charge is 0.353 e. The van der Waals surface area contributed by atoms with Crippen LogP contribution in [0.25, 0.3) is 5.65 Å². The van der Waals surface area contributed by atoms with E-state index in [2.05, 4.69) is 41.1 Å². The molecule has 2 rings (SSSR count). The second kappa shape index (κ2) is 6.52. The van der Waals surface area contributed by atoms with Gasteiger partial charge in [-0.3, -0.25) is 0 Å². The molecule has 0 saturated heterocycles. The molecule has 5 nitrogen and oxygen atoms in total. The second-order valence-corrected chi connectivity index (χ2v) is 4.75. The average molecular weight is 261 g/mol. The fourth-order valence-electron chi connectivity index (χ4n) is 2.10. The van der Waals surface area contributed by atoms with Gasteiger partial charge in [-0.15, -0.1) is 5.10 Å². The van der Waals surface area contributed by atoms with Crippen LogP contribution in [0.15, 0.2) is 18.3 Å². The summed E-state index contributed by atoms with van der Waals surface area (Å²) in [7, 11) is 0. The molecule has 0 saturated carbocycles. The SMILES string of the molecule is CCN(CC)CCCNc1nc2ccc(C)cn2n1. The molecule has 5 heteroatoms. The highest BCUT2D eigenvalue weighted by Gasteiger charge is 2.03. The molecule has 0 amide bonds. The van der Waals surface area contributed by atoms with Crippen molar-refractivity contribution < 1.29 is 0 Å². The number of nitrogens with one attached hydrogen (secondary N) is 1. The van der Waals surface area contributed by atoms with Gasteiger partial charge in [-0.25, -0.2) is 4.52 Å². The summed E-state index contributed by atoms with van der Waals surface area (Å²) in [4.78, 5) is 6.86. The van der Waals surface area contributed by atoms with Crippen molar-refractivity contribution in [2.24, 2.45) is 0 Å². The van der Waals surface area contributed by atoms with Gasteiger partial charge in [0.05, 0.1) is 0 Å². The molecule has 2 aromatic heterocycles. The van der Waals surface area contributed by atoms with Gasteiger partial charge in [0, 0.05) is 12.7 Å². The normalized spacial score (nSPS) is 11.4. The van der Waals surface area contributed by atoms with Crippen LogP contribution >= 0.6 is 0 Å². The van der Waals surface area contributed by atoms with E-state index in [1.807, 2.05) is 22.8 Å². The summed E-state index contributed by atoms with van der Waals surface area (Å²) in [5.74, 6) is 0.713. The summed E-state index contributed by atoms with van der Waals surface area (Å²) < 4.78 is 1.82. The lowest BCUT2D eigenvalue weighted by atomic mass is 10.3. The first kappa shape index (κ1) is 13.8. The fourth-order valence-corrected chi connectivity index (χ4v) is 2.10. The van der Waals surface area contributed by atoms with Crippen molar-refractivity contribution >= 4 is 11.6 Å². The van der Waals surface area contributed by atoms with Crippen molar-refractivity contribution in [2.75, 3.05) is 31.5 Å². The van der Waals surface area contributed by atoms with E-state index >= 15 is 0 Å². The van der Waals surface area contributed by atoms with Crippen LogP contribution in [0.1, 0.15) is 25.8 Å². The highest BCUT2D eigenvalue weighted by atomic mass is 15.3. The highest BCUT2D eigenvalue weighted by Crippen LogP contribution is 2.06. The first-order valence-electron chi connectivity index (χ1n) is 7.02. The molecule has 19 heavy (non-hydrogen) atoms. The van der Waals surface area contributed by atoms with E-state index in [0.29, 0.717) is 5.95 Å². The summed E-state index contributed by atoms with van der Waals surface area (Å²) in [5, 5.41) is 7.70. The van der Waals surface area contributed by atoms with Crippen molar-refractivity contribution in [3.05, 3.63) is 23.9 Å². The van der Waals surface area contributed by atoms with Gasteiger partial charge in [0.25, 0.3) is 0 Å². The number of pyridine rings is 1. The Bertz CT molecular complexity index is 516. The lowest BCUT2D eigenvalue weighted by Gasteiger charge is -2.17. The minimum Gasteiger partial charge on any atom is -0.353 e. The summed E-state index contributed by atoms with van der Waals surface area (Å²) in [5.41, 5.74) is 2.07. The van der Waals surface area contributed by atoms with E-state index in [1.165, 1.54) is 5.56 Å². The van der Waals surface area contributed by atoms with E-state index in [1.54, 1.807) is 0 Å². The Morgan fingerprint density at radius 3 is 2.79 bits per heavy atom. The van der Waals surface area contributed by atoms with Gasteiger partial charge in [0.15, 0.2) is 5.65 Å². The summed E-state index contributed by atoms with van der Waals surface area (Å²) in [6, 6.07) is 4.04. The van der Waals surface area contributed by atoms with Crippen molar-refractivity contribution in [3.8, 4) is 0 Å². The van der Waals surface area contributed by atoms with Crippen LogP contribution in [-0.2, 0) is 0 Å². The van der Waals surface area contributed by atoms with Crippen molar-refractivity contribution in [3.63, 3.8) is 0 Å². The molecule has 0 bridgehead atoms. The lowest BCUT2D eigenvalue weighted by Crippen LogP contribution is -2.25. The molecule has 104 valence electrons. The third kappa shape index (κ3) is 3.67. The smallest absolute Gasteiger partial charge is 0.243 e. The molecule has 0 unspecified atom stereocenters. The van der Waals surface area contributed by atoms with Gasteiger partial charge in [-0.1, -0.05) is 19.9 Å². The minimum absolute atomic E-state index is 0.713. The highest BCUT2D eigenvalue weighted by molar-refractivity contribution is 5.43. The molecule has 0 atom stereocenters. The van der Waals surface area contributed by atoms with Crippen molar-refractivity contribution in [2.45, 2.75) is 27.2 Å². The number of aromatic nitrogens is 3. The van der Waals surface area contributed by atoms with E-state index in [-0.39, 0.29) is 0 Å². The summed E-state index contributed by atoms with van der Waals surface area (Å²) in [6.45, 7) is 10.7. The predicted octanol–water partition coefficient (Wildman–Crippen LogP) is 2.18. The van der Waals surface area contributed by atoms with Gasteiger partial charge in [-0.2, -0.15) is 4.98 Å². The minimum atomic E-state index is 0.713. The number of aryl methyl sites for hydroxylation is 1. The van der Waals surface area contributed by atoms with E-state index in [4.69, 9.17) is 0 Å². The van der Waals surface area contributed by atoms with Crippen LogP contribution in [-0.4, -0.2) is 45.7 Å². The van der Waals surface area contributed by atoms with Crippen molar-refractivity contribution in [1.82, 2.24) is 19.5 Å². The topological polar surface area (TPSA) is 45.5 Å². The van der Waals surface area contributed by atoms with E-state index in [9.17, 15) is 0 Å². The zero-order valence-electron chi connectivity index (χ0n) is 12.1. The standard InChI is InChI=1S/C14H23N5/c1-4-18(5-2)10-6-9-15-14-16-13-8-7-12(3)11-19(13)17-14/h7-8,11H,4-6,9-10H2,1-3H3,(H,15,17). The molecule has 0 aromatic carbocycles. The van der Waals surface area contributed by atoms with E-state index < -0.39 is 0 Å². The Kier molecular flexibility index (Phi) is 4.74. The maximum atomic E-state index is 4.44. The summed E-state index contributed by atoms with van der Waals surface area (Å²) >= 11 is 0. The maximum Gasteiger partial charge on any atom is 0.243 e. The first-order chi connectivity index (χ1) is 9.22. The van der Waals surface area contributed by atoms with Gasteiger partial charge in [-0.05, 0) is 44.6 Å². The number of hydrogen-bond acceptors (Lipinski definition) is 4. The first-order valence-corrected chi connectivity index (χ1v) is 7.02. The zero-order chi connectivity index (χ0) is 13.7. The van der Waals surface area contributed by atoms with E-state index in [0.717, 1.165) is 38.2 Å². The molecule has 0 aliphatic heterocycles. The van der Waals surface area contributed by atoms with Crippen LogP contribution in [0.3, 0.4) is 0 Å². The van der Waals surface area contributed by atoms with Gasteiger partial charge in [0.1, 0.15) is 0 Å². The third-order valence-electron chi connectivity index (χ3n) is 3.31. The van der Waals surface area contributed by atoms with Crippen LogP contribution in [0.2, 0.25) is 0 Å². The predicted molar refractivity (Wildman–Crippen MR) is 78.6 cm³/mol. The van der Waals surface area contributed by atoms with Gasteiger partial charge < -0.3 is 10.2 Å². The van der Waals surface area contributed by atoms with Crippen LogP contribution < -0.4 is 5.32 Å². The quantitative estimate of drug-likeness (QED) is 0.776. The molecule has 0 aliphatic carbocycles. The lowest BCUT2D eigenvalue weighted by molar-refractivity contribution is 0.303. The second-order valence-electron chi connectivity index (χ2n) is 4.75. The molecule has 0 spiro atoms. The molecule has 2 heterocycles. The number of hydrogen-bond donors (Lipinski definition) is 1. The van der Waals surface area contributed by atoms with Gasteiger partial charge in [0.2, 0.25) is 5.95 Å². The van der Waals surface area contributed by atoms with Crippen LogP contribution in [0.4, 0.5) is 5.95 Å². The molecular weight excluding hydrogens is 238 g/mol. The zero-order valence-corrected chi connectivity index (χ0v) is 12.1. The van der Waals surface area contributed by atoms with Crippen molar-refractivity contribution in [1.29, 1.82) is 0 Å². The van der Waals surface area contributed by atoms with Crippen LogP contribution in [0.5, 0.6) is 0 Å². The molecular formula is C14H23N5. The molecule has 0 fully saturated rings. The summed E-state index contributed by atoms with van der Waals surface area (Å²) in [6.07, 6.45) is 3.10. The van der Waals surface area contributed by atoms with Gasteiger partial charge >= 0.3 is 0 Å². The van der Waals surface area contributed by atoms with Crippen LogP contribution in [0, 0.1) is 6.92 Å². The number of nitrogens with zero attached hydrogens (tertiary/aromatic N) is 4. The monoisotopic (exact) mass is 261 g/mol. The molecule has 2 aromatic rings. The number of anilines is 1.